The first-order chi connectivity index (χ1) is 25.2. The van der Waals surface area contributed by atoms with Crippen molar-refractivity contribution < 1.29 is 71.8 Å². The zero-order valence-electron chi connectivity index (χ0n) is 29.5. The van der Waals surface area contributed by atoms with Crippen LogP contribution in [0.4, 0.5) is 0 Å². The summed E-state index contributed by atoms with van der Waals surface area (Å²) >= 11 is 0. The Kier molecular flexibility index (Phi) is 12.0. The maximum atomic E-state index is 14.1. The first-order valence-electron chi connectivity index (χ1n) is 16.6. The van der Waals surface area contributed by atoms with E-state index in [9.17, 15) is 33.9 Å². The molecule has 280 valence electrons. The summed E-state index contributed by atoms with van der Waals surface area (Å²) in [5, 5.41) is 9.82. The van der Waals surface area contributed by atoms with E-state index in [0.29, 0.717) is 11.1 Å². The minimum Gasteiger partial charge on any atom is -0.508 e. The third kappa shape index (κ3) is 9.29. The molecule has 0 bridgehead atoms. The molecule has 0 aromatic heterocycles. The number of phenols is 1. The van der Waals surface area contributed by atoms with E-state index in [1.54, 1.807) is 36.4 Å². The second-order valence-corrected chi connectivity index (χ2v) is 12.3. The molecular weight excluding hydrogens is 696 g/mol. The lowest BCUT2D eigenvalue weighted by molar-refractivity contribution is -0.254. The van der Waals surface area contributed by atoms with Crippen LogP contribution in [-0.2, 0) is 54.3 Å². The predicted molar refractivity (Wildman–Crippen MR) is 180 cm³/mol. The predicted octanol–water partition coefficient (Wildman–Crippen LogP) is 4.40. The molecule has 5 rings (SSSR count). The Hall–Kier alpha value is -5.96. The van der Waals surface area contributed by atoms with E-state index in [1.165, 1.54) is 18.2 Å². The molecule has 6 atom stereocenters. The molecule has 15 heteroatoms. The summed E-state index contributed by atoms with van der Waals surface area (Å²) in [7, 11) is 0. The number of phenolic OH excluding ortho intramolecular Hbond substituents is 1. The van der Waals surface area contributed by atoms with E-state index in [1.807, 2.05) is 6.07 Å². The van der Waals surface area contributed by atoms with Crippen LogP contribution in [0.2, 0.25) is 0 Å². The number of benzene rings is 3. The molecule has 2 aliphatic heterocycles. The average Bonchev–Trinajstić information content (AvgIpc) is 3.08. The molecular formula is C38H38O15. The summed E-state index contributed by atoms with van der Waals surface area (Å²) < 4.78 is 46.9. The van der Waals surface area contributed by atoms with Gasteiger partial charge in [0, 0.05) is 40.7 Å². The Morgan fingerprint density at radius 2 is 1.40 bits per heavy atom. The van der Waals surface area contributed by atoms with Gasteiger partial charge in [0.25, 0.3) is 0 Å². The Bertz CT molecular complexity index is 1870. The Morgan fingerprint density at radius 3 is 2.00 bits per heavy atom. The maximum absolute atomic E-state index is 14.1. The van der Waals surface area contributed by atoms with Gasteiger partial charge in [-0.2, -0.15) is 0 Å². The molecule has 1 N–H and O–H groups in total. The Labute approximate surface area is 304 Å². The largest absolute Gasteiger partial charge is 0.508 e. The van der Waals surface area contributed by atoms with E-state index in [0.717, 1.165) is 34.6 Å². The van der Waals surface area contributed by atoms with Crippen molar-refractivity contribution in [1.82, 2.24) is 0 Å². The van der Waals surface area contributed by atoms with Crippen LogP contribution in [0.15, 0.2) is 60.7 Å². The molecule has 2 aliphatic rings. The van der Waals surface area contributed by atoms with Crippen molar-refractivity contribution in [2.75, 3.05) is 6.61 Å². The number of hydrogen-bond donors (Lipinski definition) is 1. The molecule has 2 heterocycles. The molecule has 0 amide bonds. The second-order valence-electron chi connectivity index (χ2n) is 12.3. The third-order valence-electron chi connectivity index (χ3n) is 8.19. The van der Waals surface area contributed by atoms with E-state index >= 15 is 0 Å². The van der Waals surface area contributed by atoms with Crippen LogP contribution in [0.3, 0.4) is 0 Å². The zero-order valence-corrected chi connectivity index (χ0v) is 29.5. The Morgan fingerprint density at radius 1 is 0.774 bits per heavy atom. The fourth-order valence-electron chi connectivity index (χ4n) is 6.16. The van der Waals surface area contributed by atoms with Gasteiger partial charge in [-0.05, 0) is 23.3 Å². The van der Waals surface area contributed by atoms with E-state index in [2.05, 4.69) is 0 Å². The lowest BCUT2D eigenvalue weighted by Gasteiger charge is -2.45. The van der Waals surface area contributed by atoms with Gasteiger partial charge in [-0.3, -0.25) is 28.8 Å². The van der Waals surface area contributed by atoms with Gasteiger partial charge in [0.05, 0.1) is 12.0 Å². The van der Waals surface area contributed by atoms with Crippen LogP contribution in [0.25, 0.3) is 0 Å². The van der Waals surface area contributed by atoms with Crippen molar-refractivity contribution in [3.63, 3.8) is 0 Å². The van der Waals surface area contributed by atoms with Crippen LogP contribution < -0.4 is 14.2 Å². The van der Waals surface area contributed by atoms with Gasteiger partial charge in [-0.15, -0.1) is 0 Å². The Balaban J connectivity index is 1.75. The highest BCUT2D eigenvalue weighted by Gasteiger charge is 2.54. The van der Waals surface area contributed by atoms with Gasteiger partial charge in [0.1, 0.15) is 54.3 Å². The lowest BCUT2D eigenvalue weighted by atomic mass is 9.86. The quantitative estimate of drug-likeness (QED) is 0.165. The highest BCUT2D eigenvalue weighted by atomic mass is 16.7. The van der Waals surface area contributed by atoms with Gasteiger partial charge in [-0.25, -0.2) is 0 Å². The number of hydrogen-bond acceptors (Lipinski definition) is 15. The van der Waals surface area contributed by atoms with Crippen molar-refractivity contribution in [3.05, 3.63) is 82.9 Å². The number of carbonyl (C=O) groups excluding carboxylic acids is 6. The number of fused-ring (bicyclic) bond motifs is 1. The van der Waals surface area contributed by atoms with Crippen molar-refractivity contribution >= 4 is 35.6 Å². The maximum Gasteiger partial charge on any atom is 0.308 e. The highest BCUT2D eigenvalue weighted by molar-refractivity contribution is 6.04. The van der Waals surface area contributed by atoms with E-state index in [-0.39, 0.29) is 47.2 Å². The molecule has 53 heavy (non-hydrogen) atoms. The fourth-order valence-corrected chi connectivity index (χ4v) is 6.16. The first kappa shape index (κ1) is 38.3. The zero-order chi connectivity index (χ0) is 38.4. The van der Waals surface area contributed by atoms with Gasteiger partial charge < -0.3 is 43.0 Å². The fraction of sp³-hybridized carbons (Fsp3) is 0.368. The molecule has 0 spiro atoms. The number of ketones is 1. The van der Waals surface area contributed by atoms with Crippen LogP contribution in [0.1, 0.15) is 80.3 Å². The van der Waals surface area contributed by atoms with Gasteiger partial charge in [-0.1, -0.05) is 42.5 Å². The summed E-state index contributed by atoms with van der Waals surface area (Å²) in [5.41, 5.74) is 1.01. The van der Waals surface area contributed by atoms with Gasteiger partial charge in [0.15, 0.2) is 29.8 Å². The third-order valence-corrected chi connectivity index (χ3v) is 8.19. The van der Waals surface area contributed by atoms with Crippen LogP contribution >= 0.6 is 0 Å². The van der Waals surface area contributed by atoms with Crippen LogP contribution in [0.5, 0.6) is 23.0 Å². The number of esters is 5. The smallest absolute Gasteiger partial charge is 0.308 e. The molecule has 3 aromatic carbocycles. The summed E-state index contributed by atoms with van der Waals surface area (Å²) in [6.45, 7) is 4.91. The van der Waals surface area contributed by atoms with Crippen molar-refractivity contribution in [3.8, 4) is 23.0 Å². The molecule has 0 aliphatic carbocycles. The van der Waals surface area contributed by atoms with E-state index < -0.39 is 78.9 Å². The average molecular weight is 735 g/mol. The van der Waals surface area contributed by atoms with Crippen LogP contribution in [0, 0.1) is 0 Å². The number of rotatable bonds is 11. The number of carbonyl (C=O) groups is 6. The van der Waals surface area contributed by atoms with E-state index in [4.69, 9.17) is 37.9 Å². The minimum atomic E-state index is -1.62. The standard InChI is InChI=1S/C38H38O15/c1-19(39)46-18-31-34(48-20(2)40)37(50-22(4)42)38(51-23(5)43)36(53-31)33-29(47-17-24-9-7-6-8-10-24)16-30-32(35(33)49-21(3)41)27(45)15-28(52-30)25-11-13-26(44)14-12-25/h6-14,16,28,31,34,36-38,44H,15,17-18H2,1-5H3/t28?,31-,34-,36+,37+,38+/m1/s1. The SMILES string of the molecule is CC(=O)OC[C@H]1O[C@@H](c2c(OCc3ccccc3)cc3c(c2OC(C)=O)C(=O)CC(c2ccc(O)cc2)O3)[C@H](OC(C)=O)[C@@H](OC(C)=O)[C@@H]1OC(C)=O. The van der Waals surface area contributed by atoms with Crippen molar-refractivity contribution in [1.29, 1.82) is 0 Å². The molecule has 0 saturated carbocycles. The first-order valence-corrected chi connectivity index (χ1v) is 16.6. The summed E-state index contributed by atoms with van der Waals surface area (Å²) in [5.74, 6) is -5.04. The molecule has 0 radical (unpaired) electrons. The number of Topliss-reactive ketones (excluding diaryl/α,β-unsaturated/α-hetero) is 1. The summed E-state index contributed by atoms with van der Waals surface area (Å²) in [6.07, 6.45) is -8.63. The highest BCUT2D eigenvalue weighted by Crippen LogP contribution is 2.51. The van der Waals surface area contributed by atoms with Gasteiger partial charge >= 0.3 is 29.8 Å². The summed E-state index contributed by atoms with van der Waals surface area (Å²) in [6, 6.07) is 16.5. The molecule has 15 nitrogen and oxygen atoms in total. The molecule has 1 saturated heterocycles. The molecule has 1 unspecified atom stereocenters. The lowest BCUT2D eigenvalue weighted by Crippen LogP contribution is -2.59. The second kappa shape index (κ2) is 16.6. The minimum absolute atomic E-state index is 0.0134. The number of ether oxygens (including phenoxy) is 8. The van der Waals surface area contributed by atoms with Crippen molar-refractivity contribution in [2.45, 2.75) is 84.3 Å². The summed E-state index contributed by atoms with van der Waals surface area (Å²) in [4.78, 5) is 76.3. The monoisotopic (exact) mass is 734 g/mol. The topological polar surface area (TPSA) is 196 Å². The normalized spacial score (nSPS) is 21.9. The molecule has 1 fully saturated rings. The molecule has 3 aromatic rings. The van der Waals surface area contributed by atoms with Crippen LogP contribution in [-0.4, -0.2) is 71.8 Å². The number of aromatic hydroxyl groups is 1. The van der Waals surface area contributed by atoms with Crippen molar-refractivity contribution in [2.24, 2.45) is 0 Å². The van der Waals surface area contributed by atoms with Gasteiger partial charge in [0.2, 0.25) is 0 Å².